The standard InChI is InChI=1S/C23H19N7OS/c1-31-20-14-12-17(13-15-20)22-25-26-23(29(22)18-8-4-2-5-9-18)32-16-21-24-27-28-30(21)19-10-6-3-7-11-19/h2-15H,16H2,1H3. The highest BCUT2D eigenvalue weighted by Crippen LogP contribution is 2.30. The van der Waals surface area contributed by atoms with Gasteiger partial charge in [0.15, 0.2) is 16.8 Å². The molecule has 0 atom stereocenters. The van der Waals surface area contributed by atoms with Gasteiger partial charge in [-0.2, -0.15) is 4.68 Å². The van der Waals surface area contributed by atoms with Gasteiger partial charge in [-0.15, -0.1) is 15.3 Å². The van der Waals surface area contributed by atoms with Gasteiger partial charge < -0.3 is 4.74 Å². The number of rotatable bonds is 7. The Bertz CT molecular complexity index is 1300. The van der Waals surface area contributed by atoms with Crippen LogP contribution in [0.4, 0.5) is 0 Å². The van der Waals surface area contributed by atoms with E-state index in [1.807, 2.05) is 89.5 Å². The SMILES string of the molecule is COc1ccc(-c2nnc(SCc3nnnn3-c3ccccc3)n2-c2ccccc2)cc1. The van der Waals surface area contributed by atoms with Crippen LogP contribution in [-0.2, 0) is 5.75 Å². The van der Waals surface area contributed by atoms with Gasteiger partial charge >= 0.3 is 0 Å². The molecule has 0 saturated heterocycles. The minimum absolute atomic E-state index is 0.537. The largest absolute Gasteiger partial charge is 0.497 e. The number of para-hydroxylation sites is 2. The van der Waals surface area contributed by atoms with Crippen molar-refractivity contribution in [1.29, 1.82) is 0 Å². The molecule has 158 valence electrons. The lowest BCUT2D eigenvalue weighted by atomic mass is 10.2. The van der Waals surface area contributed by atoms with E-state index in [9.17, 15) is 0 Å². The fraction of sp³-hybridized carbons (Fsp3) is 0.0870. The summed E-state index contributed by atoms with van der Waals surface area (Å²) in [7, 11) is 1.65. The van der Waals surface area contributed by atoms with Crippen LogP contribution in [0.25, 0.3) is 22.8 Å². The normalized spacial score (nSPS) is 10.9. The van der Waals surface area contributed by atoms with Crippen molar-refractivity contribution in [2.45, 2.75) is 10.9 Å². The van der Waals surface area contributed by atoms with Crippen molar-refractivity contribution in [2.75, 3.05) is 7.11 Å². The van der Waals surface area contributed by atoms with Gasteiger partial charge in [0.2, 0.25) is 0 Å². The van der Waals surface area contributed by atoms with E-state index in [0.717, 1.165) is 39.5 Å². The minimum Gasteiger partial charge on any atom is -0.497 e. The van der Waals surface area contributed by atoms with Crippen LogP contribution in [-0.4, -0.2) is 42.1 Å². The summed E-state index contributed by atoms with van der Waals surface area (Å²) in [6.45, 7) is 0. The lowest BCUT2D eigenvalue weighted by Crippen LogP contribution is -2.03. The minimum atomic E-state index is 0.537. The predicted octanol–water partition coefficient (Wildman–Crippen LogP) is 4.21. The third kappa shape index (κ3) is 3.97. The smallest absolute Gasteiger partial charge is 0.196 e. The molecule has 0 N–H and O–H groups in total. The van der Waals surface area contributed by atoms with E-state index in [1.165, 1.54) is 11.8 Å². The first-order valence-corrected chi connectivity index (χ1v) is 10.9. The van der Waals surface area contributed by atoms with Crippen LogP contribution in [0.2, 0.25) is 0 Å². The molecule has 2 heterocycles. The summed E-state index contributed by atoms with van der Waals surface area (Å²) in [6, 6.07) is 27.7. The van der Waals surface area contributed by atoms with E-state index in [-0.39, 0.29) is 0 Å². The van der Waals surface area contributed by atoms with Gasteiger partial charge in [0, 0.05) is 11.3 Å². The molecule has 0 aliphatic carbocycles. The van der Waals surface area contributed by atoms with Gasteiger partial charge in [0.05, 0.1) is 18.6 Å². The quantitative estimate of drug-likeness (QED) is 0.350. The van der Waals surface area contributed by atoms with E-state index in [4.69, 9.17) is 4.74 Å². The summed E-state index contributed by atoms with van der Waals surface area (Å²) in [5.74, 6) is 2.82. The van der Waals surface area contributed by atoms with Gasteiger partial charge in [-0.3, -0.25) is 4.57 Å². The number of ether oxygens (including phenoxy) is 1. The summed E-state index contributed by atoms with van der Waals surface area (Å²) in [5, 5.41) is 21.9. The molecule has 8 nitrogen and oxygen atoms in total. The van der Waals surface area contributed by atoms with Crippen molar-refractivity contribution in [2.24, 2.45) is 0 Å². The molecule has 2 aromatic heterocycles. The molecule has 9 heteroatoms. The maximum Gasteiger partial charge on any atom is 0.196 e. The Labute approximate surface area is 188 Å². The van der Waals surface area contributed by atoms with Crippen molar-refractivity contribution >= 4 is 11.8 Å². The third-order valence-corrected chi connectivity index (χ3v) is 5.79. The number of tetrazole rings is 1. The second-order valence-corrected chi connectivity index (χ2v) is 7.78. The van der Waals surface area contributed by atoms with E-state index >= 15 is 0 Å². The predicted molar refractivity (Wildman–Crippen MR) is 122 cm³/mol. The molecule has 0 spiro atoms. The molecule has 0 saturated carbocycles. The van der Waals surface area contributed by atoms with E-state index < -0.39 is 0 Å². The zero-order valence-electron chi connectivity index (χ0n) is 17.2. The van der Waals surface area contributed by atoms with E-state index in [0.29, 0.717) is 5.75 Å². The van der Waals surface area contributed by atoms with Crippen LogP contribution >= 0.6 is 11.8 Å². The lowest BCUT2D eigenvalue weighted by molar-refractivity contribution is 0.415. The molecule has 0 unspecified atom stereocenters. The summed E-state index contributed by atoms with van der Waals surface area (Å²) in [5.41, 5.74) is 2.84. The van der Waals surface area contributed by atoms with Gasteiger partial charge in [0.25, 0.3) is 0 Å². The molecule has 0 radical (unpaired) electrons. The number of thioether (sulfide) groups is 1. The van der Waals surface area contributed by atoms with E-state index in [1.54, 1.807) is 11.8 Å². The molecule has 3 aromatic carbocycles. The fourth-order valence-electron chi connectivity index (χ4n) is 3.29. The zero-order valence-corrected chi connectivity index (χ0v) is 18.1. The molecule has 32 heavy (non-hydrogen) atoms. The fourth-order valence-corrected chi connectivity index (χ4v) is 4.15. The van der Waals surface area contributed by atoms with Crippen molar-refractivity contribution in [3.05, 3.63) is 90.8 Å². The first-order valence-electron chi connectivity index (χ1n) is 9.94. The topological polar surface area (TPSA) is 83.5 Å². The Morgan fingerprint density at radius 3 is 2.16 bits per heavy atom. The Balaban J connectivity index is 1.49. The Morgan fingerprint density at radius 2 is 1.47 bits per heavy atom. The highest BCUT2D eigenvalue weighted by molar-refractivity contribution is 7.98. The van der Waals surface area contributed by atoms with Gasteiger partial charge in [-0.1, -0.05) is 48.2 Å². The van der Waals surface area contributed by atoms with Crippen LogP contribution < -0.4 is 4.74 Å². The molecule has 5 rings (SSSR count). The number of hydrogen-bond donors (Lipinski definition) is 0. The molecular weight excluding hydrogens is 422 g/mol. The van der Waals surface area contributed by atoms with Crippen molar-refractivity contribution in [1.82, 2.24) is 35.0 Å². The van der Waals surface area contributed by atoms with Crippen LogP contribution in [0.3, 0.4) is 0 Å². The van der Waals surface area contributed by atoms with Crippen LogP contribution in [0.1, 0.15) is 5.82 Å². The molecule has 5 aromatic rings. The van der Waals surface area contributed by atoms with Gasteiger partial charge in [-0.25, -0.2) is 0 Å². The third-order valence-electron chi connectivity index (χ3n) is 4.86. The summed E-state index contributed by atoms with van der Waals surface area (Å²) < 4.78 is 9.07. The lowest BCUT2D eigenvalue weighted by Gasteiger charge is -2.10. The maximum atomic E-state index is 5.28. The average Bonchev–Trinajstić information content (AvgIpc) is 3.51. The van der Waals surface area contributed by atoms with Gasteiger partial charge in [-0.05, 0) is 59.0 Å². The van der Waals surface area contributed by atoms with Crippen molar-refractivity contribution < 1.29 is 4.74 Å². The maximum absolute atomic E-state index is 5.28. The molecule has 0 fully saturated rings. The highest BCUT2D eigenvalue weighted by Gasteiger charge is 2.18. The summed E-state index contributed by atoms with van der Waals surface area (Å²) in [4.78, 5) is 0. The number of aromatic nitrogens is 7. The second-order valence-electron chi connectivity index (χ2n) is 6.84. The Hall–Kier alpha value is -3.98. The molecule has 0 amide bonds. The second kappa shape index (κ2) is 9.03. The van der Waals surface area contributed by atoms with Crippen LogP contribution in [0.5, 0.6) is 5.75 Å². The summed E-state index contributed by atoms with van der Waals surface area (Å²) in [6.07, 6.45) is 0. The Kier molecular flexibility index (Phi) is 5.63. The number of hydrogen-bond acceptors (Lipinski definition) is 7. The molecule has 0 aliphatic rings. The van der Waals surface area contributed by atoms with Crippen LogP contribution in [0.15, 0.2) is 90.1 Å². The first kappa shape index (κ1) is 20.0. The number of methoxy groups -OCH3 is 1. The molecule has 0 aliphatic heterocycles. The monoisotopic (exact) mass is 441 g/mol. The number of benzene rings is 3. The average molecular weight is 442 g/mol. The van der Waals surface area contributed by atoms with E-state index in [2.05, 4.69) is 25.7 Å². The van der Waals surface area contributed by atoms with Gasteiger partial charge in [0.1, 0.15) is 5.75 Å². The van der Waals surface area contributed by atoms with Crippen molar-refractivity contribution in [3.8, 4) is 28.5 Å². The van der Waals surface area contributed by atoms with Crippen molar-refractivity contribution in [3.63, 3.8) is 0 Å². The number of nitrogens with zero attached hydrogens (tertiary/aromatic N) is 7. The van der Waals surface area contributed by atoms with Crippen LogP contribution in [0, 0.1) is 0 Å². The molecular formula is C23H19N7OS. The molecule has 0 bridgehead atoms. The zero-order chi connectivity index (χ0) is 21.8. The highest BCUT2D eigenvalue weighted by atomic mass is 32.2. The Morgan fingerprint density at radius 1 is 0.781 bits per heavy atom. The first-order chi connectivity index (χ1) is 15.8. The summed E-state index contributed by atoms with van der Waals surface area (Å²) >= 11 is 1.53.